The van der Waals surface area contributed by atoms with Gasteiger partial charge in [-0.2, -0.15) is 4.68 Å². The zero-order valence-corrected chi connectivity index (χ0v) is 13.1. The van der Waals surface area contributed by atoms with Crippen LogP contribution in [0.3, 0.4) is 0 Å². The standard InChI is InChI=1S/C14H20N4O2S/c1-3-19-13(20-4-2)10-11-21-14-15-16-17-18(14)12-8-6-5-7-9-12/h5-9,13H,3-4,10-11H2,1-2H3. The first-order chi connectivity index (χ1) is 10.3. The van der Waals surface area contributed by atoms with Crippen molar-refractivity contribution >= 4 is 11.8 Å². The molecule has 0 atom stereocenters. The molecule has 1 aromatic carbocycles. The van der Waals surface area contributed by atoms with Gasteiger partial charge in [0.2, 0.25) is 5.16 Å². The SMILES string of the molecule is CCOC(CCSc1nnnn1-c1ccccc1)OCC. The van der Waals surface area contributed by atoms with Gasteiger partial charge in [-0.1, -0.05) is 30.0 Å². The number of hydrogen-bond acceptors (Lipinski definition) is 6. The molecule has 21 heavy (non-hydrogen) atoms. The summed E-state index contributed by atoms with van der Waals surface area (Å²) in [7, 11) is 0. The van der Waals surface area contributed by atoms with E-state index in [-0.39, 0.29) is 6.29 Å². The highest BCUT2D eigenvalue weighted by Crippen LogP contribution is 2.19. The van der Waals surface area contributed by atoms with Crippen LogP contribution in [0.1, 0.15) is 20.3 Å². The van der Waals surface area contributed by atoms with Gasteiger partial charge in [0.25, 0.3) is 0 Å². The van der Waals surface area contributed by atoms with Crippen molar-refractivity contribution in [1.29, 1.82) is 0 Å². The first-order valence-corrected chi connectivity index (χ1v) is 8.03. The maximum atomic E-state index is 5.52. The molecular weight excluding hydrogens is 288 g/mol. The fourth-order valence-electron chi connectivity index (χ4n) is 1.83. The summed E-state index contributed by atoms with van der Waals surface area (Å²) in [6.45, 7) is 5.23. The van der Waals surface area contributed by atoms with Gasteiger partial charge in [0, 0.05) is 25.4 Å². The van der Waals surface area contributed by atoms with Crippen molar-refractivity contribution in [3.05, 3.63) is 30.3 Å². The van der Waals surface area contributed by atoms with Crippen LogP contribution in [0.25, 0.3) is 5.69 Å². The minimum absolute atomic E-state index is 0.159. The highest BCUT2D eigenvalue weighted by molar-refractivity contribution is 7.99. The molecule has 1 aromatic heterocycles. The van der Waals surface area contributed by atoms with E-state index in [1.54, 1.807) is 16.4 Å². The van der Waals surface area contributed by atoms with Crippen LogP contribution in [0.2, 0.25) is 0 Å². The van der Waals surface area contributed by atoms with Crippen LogP contribution >= 0.6 is 11.8 Å². The minimum Gasteiger partial charge on any atom is -0.353 e. The Hall–Kier alpha value is -1.44. The molecule has 0 saturated carbocycles. The molecule has 7 heteroatoms. The van der Waals surface area contributed by atoms with Crippen molar-refractivity contribution in [1.82, 2.24) is 20.2 Å². The molecule has 0 amide bonds. The molecule has 0 radical (unpaired) electrons. The van der Waals surface area contributed by atoms with Crippen molar-refractivity contribution in [2.45, 2.75) is 31.7 Å². The summed E-state index contributed by atoms with van der Waals surface area (Å²) in [5.41, 5.74) is 0.955. The predicted octanol–water partition coefficient (Wildman–Crippen LogP) is 2.54. The molecule has 1 heterocycles. The average molecular weight is 308 g/mol. The molecule has 2 rings (SSSR count). The zero-order valence-electron chi connectivity index (χ0n) is 12.3. The second kappa shape index (κ2) is 8.76. The summed E-state index contributed by atoms with van der Waals surface area (Å²) in [5.74, 6) is 0.831. The Bertz CT molecular complexity index is 515. The Morgan fingerprint density at radius 3 is 2.52 bits per heavy atom. The molecule has 0 fully saturated rings. The lowest BCUT2D eigenvalue weighted by atomic mass is 10.3. The number of ether oxygens (including phenoxy) is 2. The van der Waals surface area contributed by atoms with Gasteiger partial charge in [0.1, 0.15) is 0 Å². The van der Waals surface area contributed by atoms with Crippen molar-refractivity contribution in [3.63, 3.8) is 0 Å². The van der Waals surface area contributed by atoms with E-state index in [2.05, 4.69) is 15.5 Å². The van der Waals surface area contributed by atoms with E-state index in [1.807, 2.05) is 44.2 Å². The first-order valence-electron chi connectivity index (χ1n) is 7.05. The maximum Gasteiger partial charge on any atom is 0.214 e. The van der Waals surface area contributed by atoms with E-state index >= 15 is 0 Å². The second-order valence-electron chi connectivity index (χ2n) is 4.19. The molecule has 0 spiro atoms. The van der Waals surface area contributed by atoms with Crippen LogP contribution in [0, 0.1) is 0 Å². The number of aromatic nitrogens is 4. The number of tetrazole rings is 1. The third kappa shape index (κ3) is 4.80. The normalized spacial score (nSPS) is 11.2. The Morgan fingerprint density at radius 1 is 1.14 bits per heavy atom. The van der Waals surface area contributed by atoms with Crippen molar-refractivity contribution < 1.29 is 9.47 Å². The largest absolute Gasteiger partial charge is 0.353 e. The molecule has 0 aliphatic heterocycles. The number of nitrogens with zero attached hydrogens (tertiary/aromatic N) is 4. The van der Waals surface area contributed by atoms with Crippen molar-refractivity contribution in [2.75, 3.05) is 19.0 Å². The Morgan fingerprint density at radius 2 is 1.86 bits per heavy atom. The number of para-hydroxylation sites is 1. The first kappa shape index (κ1) is 15.9. The minimum atomic E-state index is -0.159. The third-order valence-corrected chi connectivity index (χ3v) is 3.68. The summed E-state index contributed by atoms with van der Waals surface area (Å²) in [4.78, 5) is 0. The molecule has 0 saturated heterocycles. The van der Waals surface area contributed by atoms with Gasteiger partial charge in [0.05, 0.1) is 5.69 Å². The predicted molar refractivity (Wildman–Crippen MR) is 81.5 cm³/mol. The smallest absolute Gasteiger partial charge is 0.214 e. The molecule has 114 valence electrons. The third-order valence-electron chi connectivity index (χ3n) is 2.73. The van der Waals surface area contributed by atoms with Gasteiger partial charge in [-0.25, -0.2) is 0 Å². The lowest BCUT2D eigenvalue weighted by Gasteiger charge is -2.16. The van der Waals surface area contributed by atoms with E-state index in [0.29, 0.717) is 13.2 Å². The van der Waals surface area contributed by atoms with Crippen molar-refractivity contribution in [2.24, 2.45) is 0 Å². The lowest BCUT2D eigenvalue weighted by molar-refractivity contribution is -0.136. The molecule has 0 aliphatic carbocycles. The number of hydrogen-bond donors (Lipinski definition) is 0. The summed E-state index contributed by atoms with van der Waals surface area (Å²) < 4.78 is 12.8. The van der Waals surface area contributed by atoms with E-state index in [9.17, 15) is 0 Å². The van der Waals surface area contributed by atoms with Gasteiger partial charge in [-0.05, 0) is 36.4 Å². The van der Waals surface area contributed by atoms with Gasteiger partial charge in [-0.15, -0.1) is 5.10 Å². The Labute approximate surface area is 128 Å². The molecule has 6 nitrogen and oxygen atoms in total. The maximum absolute atomic E-state index is 5.52. The molecule has 0 N–H and O–H groups in total. The van der Waals surface area contributed by atoms with Gasteiger partial charge in [-0.3, -0.25) is 0 Å². The van der Waals surface area contributed by atoms with E-state index in [1.165, 1.54) is 0 Å². The highest BCUT2D eigenvalue weighted by Gasteiger charge is 2.12. The van der Waals surface area contributed by atoms with Crippen LogP contribution in [-0.2, 0) is 9.47 Å². The molecule has 0 bridgehead atoms. The fourth-order valence-corrected chi connectivity index (χ4v) is 2.68. The average Bonchev–Trinajstić information content (AvgIpc) is 2.97. The number of thioether (sulfide) groups is 1. The molecular formula is C14H20N4O2S. The van der Waals surface area contributed by atoms with E-state index < -0.39 is 0 Å². The summed E-state index contributed by atoms with van der Waals surface area (Å²) >= 11 is 1.60. The van der Waals surface area contributed by atoms with E-state index in [4.69, 9.17) is 9.47 Å². The topological polar surface area (TPSA) is 62.1 Å². The molecule has 2 aromatic rings. The van der Waals surface area contributed by atoms with Gasteiger partial charge < -0.3 is 9.47 Å². The Kier molecular flexibility index (Phi) is 6.65. The fraction of sp³-hybridized carbons (Fsp3) is 0.500. The molecule has 0 unspecified atom stereocenters. The summed E-state index contributed by atoms with van der Waals surface area (Å²) in [6.07, 6.45) is 0.641. The van der Waals surface area contributed by atoms with Gasteiger partial charge in [0.15, 0.2) is 6.29 Å². The monoisotopic (exact) mass is 308 g/mol. The van der Waals surface area contributed by atoms with Crippen LogP contribution in [-0.4, -0.2) is 45.5 Å². The van der Waals surface area contributed by atoms with Crippen LogP contribution in [0.15, 0.2) is 35.5 Å². The Balaban J connectivity index is 1.91. The van der Waals surface area contributed by atoms with Gasteiger partial charge >= 0.3 is 0 Å². The summed E-state index contributed by atoms with van der Waals surface area (Å²) in [6, 6.07) is 9.85. The zero-order chi connectivity index (χ0) is 14.9. The van der Waals surface area contributed by atoms with Crippen LogP contribution in [0.5, 0.6) is 0 Å². The number of benzene rings is 1. The quantitative estimate of drug-likeness (QED) is 0.524. The van der Waals surface area contributed by atoms with Crippen LogP contribution in [0.4, 0.5) is 0 Å². The summed E-state index contributed by atoms with van der Waals surface area (Å²) in [5, 5.41) is 12.6. The highest BCUT2D eigenvalue weighted by atomic mass is 32.2. The second-order valence-corrected chi connectivity index (χ2v) is 5.25. The number of rotatable bonds is 9. The van der Waals surface area contributed by atoms with Crippen molar-refractivity contribution in [3.8, 4) is 5.69 Å². The lowest BCUT2D eigenvalue weighted by Crippen LogP contribution is -2.18. The van der Waals surface area contributed by atoms with Crippen LogP contribution < -0.4 is 0 Å². The molecule has 0 aliphatic rings. The van der Waals surface area contributed by atoms with E-state index in [0.717, 1.165) is 23.0 Å².